The first-order chi connectivity index (χ1) is 10.6. The third-order valence-electron chi connectivity index (χ3n) is 4.73. The number of hydrogen-bond donors (Lipinski definition) is 3. The van der Waals surface area contributed by atoms with Crippen molar-refractivity contribution in [1.29, 1.82) is 0 Å². The van der Waals surface area contributed by atoms with E-state index >= 15 is 0 Å². The highest BCUT2D eigenvalue weighted by atomic mass is 16.7. The predicted molar refractivity (Wildman–Crippen MR) is 79.5 cm³/mol. The number of carbonyl (C=O) groups excluding carboxylic acids is 1. The van der Waals surface area contributed by atoms with Gasteiger partial charge in [-0.1, -0.05) is 0 Å². The highest BCUT2D eigenvalue weighted by molar-refractivity contribution is 5.74. The molecule has 5 atom stereocenters. The Morgan fingerprint density at radius 3 is 2.73 bits per heavy atom. The van der Waals surface area contributed by atoms with Crippen LogP contribution in [0.4, 0.5) is 4.79 Å². The van der Waals surface area contributed by atoms with Gasteiger partial charge in [0.15, 0.2) is 6.29 Å². The lowest BCUT2D eigenvalue weighted by molar-refractivity contribution is -0.184. The van der Waals surface area contributed by atoms with Gasteiger partial charge in [-0.15, -0.1) is 0 Å². The van der Waals surface area contributed by atoms with Crippen molar-refractivity contribution in [2.45, 2.75) is 37.5 Å². The van der Waals surface area contributed by atoms with Crippen molar-refractivity contribution in [2.75, 3.05) is 46.4 Å². The third kappa shape index (κ3) is 3.07. The molecule has 3 saturated heterocycles. The number of urea groups is 1. The topological polar surface area (TPSA) is 86.3 Å². The van der Waals surface area contributed by atoms with E-state index in [0.717, 1.165) is 26.2 Å². The SMILES string of the molecule is CCNC(=O)NC1C2COC(O2)C(N2CCN(C)CC2)C1O. The minimum Gasteiger partial charge on any atom is -0.389 e. The molecule has 126 valence electrons. The third-order valence-corrected chi connectivity index (χ3v) is 4.73. The van der Waals surface area contributed by atoms with Crippen molar-refractivity contribution in [3.63, 3.8) is 0 Å². The molecule has 3 fully saturated rings. The average molecular weight is 314 g/mol. The molecule has 3 aliphatic rings. The first kappa shape index (κ1) is 15.9. The molecule has 3 N–H and O–H groups in total. The Labute approximate surface area is 130 Å². The molecule has 0 aromatic heterocycles. The summed E-state index contributed by atoms with van der Waals surface area (Å²) in [6.45, 7) is 6.43. The van der Waals surface area contributed by atoms with E-state index in [-0.39, 0.29) is 18.2 Å². The summed E-state index contributed by atoms with van der Waals surface area (Å²) in [4.78, 5) is 16.3. The summed E-state index contributed by atoms with van der Waals surface area (Å²) in [6, 6.07) is -0.966. The molecule has 0 aromatic rings. The zero-order valence-electron chi connectivity index (χ0n) is 13.2. The molecule has 0 aromatic carbocycles. The number of piperazine rings is 1. The second-order valence-corrected chi connectivity index (χ2v) is 6.23. The summed E-state index contributed by atoms with van der Waals surface area (Å²) in [6.07, 6.45) is -1.39. The van der Waals surface area contributed by atoms with Crippen molar-refractivity contribution in [2.24, 2.45) is 0 Å². The quantitative estimate of drug-likeness (QED) is 0.582. The number of carbonyl (C=O) groups is 1. The van der Waals surface area contributed by atoms with Crippen LogP contribution in [0, 0.1) is 0 Å². The van der Waals surface area contributed by atoms with Gasteiger partial charge in [0.2, 0.25) is 0 Å². The maximum absolute atomic E-state index is 11.8. The molecule has 0 radical (unpaired) electrons. The van der Waals surface area contributed by atoms with Crippen molar-refractivity contribution >= 4 is 6.03 Å². The molecular weight excluding hydrogens is 288 g/mol. The summed E-state index contributed by atoms with van der Waals surface area (Å²) in [5, 5.41) is 16.3. The Kier molecular flexibility index (Phi) is 4.84. The maximum Gasteiger partial charge on any atom is 0.315 e. The number of rotatable bonds is 3. The van der Waals surface area contributed by atoms with E-state index in [1.54, 1.807) is 0 Å². The van der Waals surface area contributed by atoms with Gasteiger partial charge in [0.25, 0.3) is 0 Å². The summed E-state index contributed by atoms with van der Waals surface area (Å²) in [5.74, 6) is 0. The number of hydrogen-bond acceptors (Lipinski definition) is 6. The molecule has 8 nitrogen and oxygen atoms in total. The van der Waals surface area contributed by atoms with E-state index in [2.05, 4.69) is 27.5 Å². The molecule has 3 rings (SSSR count). The first-order valence-corrected chi connectivity index (χ1v) is 8.02. The maximum atomic E-state index is 11.8. The lowest BCUT2D eigenvalue weighted by atomic mass is 9.94. The fourth-order valence-electron chi connectivity index (χ4n) is 3.45. The zero-order valence-corrected chi connectivity index (χ0v) is 13.2. The van der Waals surface area contributed by atoms with Crippen molar-refractivity contribution in [1.82, 2.24) is 20.4 Å². The van der Waals surface area contributed by atoms with Gasteiger partial charge in [-0.05, 0) is 14.0 Å². The minimum absolute atomic E-state index is 0.237. The van der Waals surface area contributed by atoms with Crippen LogP contribution in [-0.4, -0.2) is 97.9 Å². The van der Waals surface area contributed by atoms with Crippen LogP contribution >= 0.6 is 0 Å². The van der Waals surface area contributed by atoms with Gasteiger partial charge >= 0.3 is 6.03 Å². The van der Waals surface area contributed by atoms with Crippen LogP contribution in [0.5, 0.6) is 0 Å². The van der Waals surface area contributed by atoms with Crippen molar-refractivity contribution < 1.29 is 19.4 Å². The van der Waals surface area contributed by atoms with Crippen LogP contribution < -0.4 is 10.6 Å². The highest BCUT2D eigenvalue weighted by Crippen LogP contribution is 2.31. The number of likely N-dealkylation sites (N-methyl/N-ethyl adjacent to an activating group) is 1. The zero-order chi connectivity index (χ0) is 15.7. The molecule has 0 saturated carbocycles. The summed E-state index contributed by atoms with van der Waals surface area (Å²) in [7, 11) is 2.09. The highest BCUT2D eigenvalue weighted by Gasteiger charge is 2.52. The molecule has 0 aliphatic carbocycles. The van der Waals surface area contributed by atoms with Crippen LogP contribution in [0.1, 0.15) is 6.92 Å². The molecule has 0 spiro atoms. The molecular formula is C14H26N4O4. The van der Waals surface area contributed by atoms with Gasteiger partial charge in [-0.2, -0.15) is 0 Å². The lowest BCUT2D eigenvalue weighted by Gasteiger charge is -2.46. The van der Waals surface area contributed by atoms with Crippen molar-refractivity contribution in [3.8, 4) is 0 Å². The Balaban J connectivity index is 1.69. The Bertz CT molecular complexity index is 402. The second-order valence-electron chi connectivity index (χ2n) is 6.23. The number of amides is 2. The van der Waals surface area contributed by atoms with Gasteiger partial charge < -0.3 is 30.1 Å². The predicted octanol–water partition coefficient (Wildman–Crippen LogP) is -1.59. The van der Waals surface area contributed by atoms with Gasteiger partial charge in [-0.3, -0.25) is 4.90 Å². The Hall–Kier alpha value is -0.930. The molecule has 5 unspecified atom stereocenters. The fraction of sp³-hybridized carbons (Fsp3) is 0.929. The summed E-state index contributed by atoms with van der Waals surface area (Å²) < 4.78 is 11.6. The van der Waals surface area contributed by atoms with Crippen LogP contribution in [-0.2, 0) is 9.47 Å². The van der Waals surface area contributed by atoms with Crippen molar-refractivity contribution in [3.05, 3.63) is 0 Å². The first-order valence-electron chi connectivity index (χ1n) is 8.02. The van der Waals surface area contributed by atoms with E-state index in [1.165, 1.54) is 0 Å². The molecule has 22 heavy (non-hydrogen) atoms. The van der Waals surface area contributed by atoms with E-state index in [0.29, 0.717) is 13.2 Å². The van der Waals surface area contributed by atoms with Crippen LogP contribution in [0.15, 0.2) is 0 Å². The molecule has 8 heteroatoms. The lowest BCUT2D eigenvalue weighted by Crippen LogP contribution is -2.67. The summed E-state index contributed by atoms with van der Waals surface area (Å²) >= 11 is 0. The number of nitrogens with one attached hydrogen (secondary N) is 2. The second kappa shape index (κ2) is 6.67. The van der Waals surface area contributed by atoms with E-state index in [4.69, 9.17) is 9.47 Å². The number of aliphatic hydroxyl groups is 1. The van der Waals surface area contributed by atoms with Crippen LogP contribution in [0.2, 0.25) is 0 Å². The van der Waals surface area contributed by atoms with Crippen LogP contribution in [0.25, 0.3) is 0 Å². The van der Waals surface area contributed by atoms with Crippen LogP contribution in [0.3, 0.4) is 0 Å². The number of ether oxygens (including phenoxy) is 2. The molecule has 2 bridgehead atoms. The normalized spacial score (nSPS) is 39.7. The van der Waals surface area contributed by atoms with Gasteiger partial charge in [0.05, 0.1) is 24.8 Å². The number of nitrogens with zero attached hydrogens (tertiary/aromatic N) is 2. The average Bonchev–Trinajstić information content (AvgIpc) is 2.91. The molecule has 2 amide bonds. The van der Waals surface area contributed by atoms with Gasteiger partial charge in [0, 0.05) is 32.7 Å². The standard InChI is InChI=1S/C14H26N4O4/c1-3-15-14(20)16-10-9-8-21-13(22-9)11(12(10)19)18-6-4-17(2)5-7-18/h9-13,19H,3-8H2,1-2H3,(H2,15,16,20). The number of aliphatic hydroxyl groups excluding tert-OH is 1. The van der Waals surface area contributed by atoms with E-state index in [9.17, 15) is 9.90 Å². The van der Waals surface area contributed by atoms with Gasteiger partial charge in [0.1, 0.15) is 6.10 Å². The fourth-order valence-corrected chi connectivity index (χ4v) is 3.45. The smallest absolute Gasteiger partial charge is 0.315 e. The Morgan fingerprint density at radius 2 is 2.05 bits per heavy atom. The minimum atomic E-state index is -0.697. The molecule has 3 aliphatic heterocycles. The Morgan fingerprint density at radius 1 is 1.32 bits per heavy atom. The number of fused-ring (bicyclic) bond motifs is 2. The van der Waals surface area contributed by atoms with E-state index in [1.807, 2.05) is 6.92 Å². The monoisotopic (exact) mass is 314 g/mol. The van der Waals surface area contributed by atoms with Gasteiger partial charge in [-0.25, -0.2) is 4.79 Å². The van der Waals surface area contributed by atoms with E-state index < -0.39 is 18.4 Å². The largest absolute Gasteiger partial charge is 0.389 e. The molecule has 3 heterocycles. The summed E-state index contributed by atoms with van der Waals surface area (Å²) in [5.41, 5.74) is 0.